The number of hydrogen-bond donors (Lipinski definition) is 0. The molecule has 0 spiro atoms. The fraction of sp³-hybridized carbons (Fsp3) is 0.231. The Hall–Kier alpha value is -0.940. The van der Waals surface area contributed by atoms with Gasteiger partial charge in [0.1, 0.15) is 16.2 Å². The van der Waals surface area contributed by atoms with Crippen molar-refractivity contribution in [3.8, 4) is 11.6 Å². The fourth-order valence-electron chi connectivity index (χ4n) is 1.49. The Labute approximate surface area is 123 Å². The molecule has 0 unspecified atom stereocenters. The van der Waals surface area contributed by atoms with Gasteiger partial charge in [-0.1, -0.05) is 22.9 Å². The molecule has 94 valence electrons. The summed E-state index contributed by atoms with van der Waals surface area (Å²) >= 11 is 6.79. The molecule has 0 radical (unpaired) electrons. The van der Waals surface area contributed by atoms with Crippen LogP contribution in [0.2, 0.25) is 0 Å². The molecule has 2 rings (SSSR count). The molecule has 3 nitrogen and oxygen atoms in total. The molecule has 1 aromatic heterocycles. The summed E-state index contributed by atoms with van der Waals surface area (Å²) in [6, 6.07) is 7.63. The predicted octanol–water partition coefficient (Wildman–Crippen LogP) is 4.66. The number of hydrogen-bond acceptors (Lipinski definition) is 3. The van der Waals surface area contributed by atoms with Crippen molar-refractivity contribution in [1.29, 1.82) is 0 Å². The lowest BCUT2D eigenvalue weighted by atomic mass is 10.2. The number of halogens is 2. The molecule has 0 N–H and O–H groups in total. The number of aromatic nitrogens is 2. The Morgan fingerprint density at radius 2 is 1.94 bits per heavy atom. The summed E-state index contributed by atoms with van der Waals surface area (Å²) in [7, 11) is 0. The number of aryl methyl sites for hydroxylation is 2. The van der Waals surface area contributed by atoms with Crippen LogP contribution in [0.4, 0.5) is 0 Å². The zero-order valence-electron chi connectivity index (χ0n) is 10.1. The van der Waals surface area contributed by atoms with Gasteiger partial charge in [-0.25, -0.2) is 4.98 Å². The van der Waals surface area contributed by atoms with Crippen LogP contribution in [-0.4, -0.2) is 9.97 Å². The Morgan fingerprint density at radius 1 is 1.17 bits per heavy atom. The lowest BCUT2D eigenvalue weighted by Gasteiger charge is -2.09. The molecule has 5 heteroatoms. The number of ether oxygens (including phenoxy) is 1. The summed E-state index contributed by atoms with van der Waals surface area (Å²) in [6.45, 7) is 4.01. The van der Waals surface area contributed by atoms with E-state index in [9.17, 15) is 0 Å². The van der Waals surface area contributed by atoms with E-state index in [-0.39, 0.29) is 0 Å². The molecule has 0 amide bonds. The fourth-order valence-corrected chi connectivity index (χ4v) is 2.37. The van der Waals surface area contributed by atoms with Gasteiger partial charge in [0, 0.05) is 17.0 Å². The molecule has 18 heavy (non-hydrogen) atoms. The molecule has 0 aliphatic rings. The van der Waals surface area contributed by atoms with Crippen LogP contribution >= 0.6 is 31.9 Å². The molecule has 0 bridgehead atoms. The Morgan fingerprint density at radius 3 is 2.61 bits per heavy atom. The van der Waals surface area contributed by atoms with Crippen LogP contribution in [0.5, 0.6) is 11.6 Å². The summed E-state index contributed by atoms with van der Waals surface area (Å²) in [5, 5.41) is 0. The van der Waals surface area contributed by atoms with Crippen LogP contribution < -0.4 is 4.74 Å². The van der Waals surface area contributed by atoms with Crippen LogP contribution in [0, 0.1) is 6.92 Å². The zero-order valence-corrected chi connectivity index (χ0v) is 13.2. The van der Waals surface area contributed by atoms with Crippen LogP contribution in [0.1, 0.15) is 18.3 Å². The van der Waals surface area contributed by atoms with E-state index in [1.54, 1.807) is 6.07 Å². The maximum Gasteiger partial charge on any atom is 0.223 e. The van der Waals surface area contributed by atoms with E-state index < -0.39 is 0 Å². The van der Waals surface area contributed by atoms with Crippen LogP contribution in [-0.2, 0) is 6.42 Å². The highest BCUT2D eigenvalue weighted by Gasteiger charge is 2.06. The Kier molecular flexibility index (Phi) is 4.35. The molecule has 0 aliphatic carbocycles. The highest BCUT2D eigenvalue weighted by Crippen LogP contribution is 2.27. The molecule has 1 aromatic carbocycles. The average molecular weight is 372 g/mol. The van der Waals surface area contributed by atoms with Crippen molar-refractivity contribution in [2.45, 2.75) is 20.3 Å². The third kappa shape index (κ3) is 3.29. The average Bonchev–Trinajstić information content (AvgIpc) is 2.32. The van der Waals surface area contributed by atoms with Gasteiger partial charge in [0.25, 0.3) is 0 Å². The topological polar surface area (TPSA) is 35.0 Å². The second kappa shape index (κ2) is 5.80. The summed E-state index contributed by atoms with van der Waals surface area (Å²) in [6.07, 6.45) is 0.773. The molecule has 0 fully saturated rings. The van der Waals surface area contributed by atoms with E-state index >= 15 is 0 Å². The number of benzene rings is 1. The summed E-state index contributed by atoms with van der Waals surface area (Å²) in [4.78, 5) is 8.58. The lowest BCUT2D eigenvalue weighted by molar-refractivity contribution is 0.454. The predicted molar refractivity (Wildman–Crippen MR) is 78.1 cm³/mol. The van der Waals surface area contributed by atoms with Crippen LogP contribution in [0.25, 0.3) is 0 Å². The SMILES string of the molecule is CCc1nc(Br)cc(Oc2ccc(Br)cc2C)n1. The summed E-state index contributed by atoms with van der Waals surface area (Å²) < 4.78 is 7.55. The largest absolute Gasteiger partial charge is 0.439 e. The Balaban J connectivity index is 2.30. The molecule has 0 saturated heterocycles. The van der Waals surface area contributed by atoms with Gasteiger partial charge in [0.15, 0.2) is 0 Å². The van der Waals surface area contributed by atoms with Crippen molar-refractivity contribution in [1.82, 2.24) is 9.97 Å². The third-order valence-electron chi connectivity index (χ3n) is 2.39. The number of nitrogens with zero attached hydrogens (tertiary/aromatic N) is 2. The molecule has 1 heterocycles. The van der Waals surface area contributed by atoms with E-state index in [4.69, 9.17) is 4.74 Å². The standard InChI is InChI=1S/C13H12Br2N2O/c1-3-12-16-11(15)7-13(17-12)18-10-5-4-9(14)6-8(10)2/h4-7H,3H2,1-2H3. The molecule has 2 aromatic rings. The van der Waals surface area contributed by atoms with Crippen molar-refractivity contribution in [3.05, 3.63) is 44.7 Å². The van der Waals surface area contributed by atoms with Gasteiger partial charge in [-0.05, 0) is 46.6 Å². The highest BCUT2D eigenvalue weighted by molar-refractivity contribution is 9.10. The normalized spacial score (nSPS) is 10.4. The number of rotatable bonds is 3. The zero-order chi connectivity index (χ0) is 13.1. The molecular formula is C13H12Br2N2O. The van der Waals surface area contributed by atoms with E-state index in [1.807, 2.05) is 32.0 Å². The molecule has 0 aliphatic heterocycles. The van der Waals surface area contributed by atoms with Crippen molar-refractivity contribution in [2.24, 2.45) is 0 Å². The van der Waals surface area contributed by atoms with Gasteiger partial charge >= 0.3 is 0 Å². The second-order valence-corrected chi connectivity index (χ2v) is 5.54. The maximum absolute atomic E-state index is 5.79. The monoisotopic (exact) mass is 370 g/mol. The van der Waals surface area contributed by atoms with Crippen molar-refractivity contribution >= 4 is 31.9 Å². The van der Waals surface area contributed by atoms with Gasteiger partial charge in [-0.2, -0.15) is 4.98 Å². The van der Waals surface area contributed by atoms with Gasteiger partial charge in [0.2, 0.25) is 5.88 Å². The smallest absolute Gasteiger partial charge is 0.223 e. The van der Waals surface area contributed by atoms with Gasteiger partial charge in [0.05, 0.1) is 0 Å². The van der Waals surface area contributed by atoms with Crippen molar-refractivity contribution in [2.75, 3.05) is 0 Å². The van der Waals surface area contributed by atoms with Crippen LogP contribution in [0.3, 0.4) is 0 Å². The second-order valence-electron chi connectivity index (χ2n) is 3.81. The highest BCUT2D eigenvalue weighted by atomic mass is 79.9. The van der Waals surface area contributed by atoms with Gasteiger partial charge in [-0.3, -0.25) is 0 Å². The van der Waals surface area contributed by atoms with Crippen LogP contribution in [0.15, 0.2) is 33.3 Å². The molecular weight excluding hydrogens is 360 g/mol. The minimum atomic E-state index is 0.555. The van der Waals surface area contributed by atoms with Crippen molar-refractivity contribution < 1.29 is 4.74 Å². The van der Waals surface area contributed by atoms with E-state index in [1.165, 1.54) is 0 Å². The first-order valence-electron chi connectivity index (χ1n) is 5.56. The molecule has 0 atom stereocenters. The molecule has 0 saturated carbocycles. The first-order valence-corrected chi connectivity index (χ1v) is 7.14. The quantitative estimate of drug-likeness (QED) is 0.735. The summed E-state index contributed by atoms with van der Waals surface area (Å²) in [5.41, 5.74) is 1.05. The minimum Gasteiger partial charge on any atom is -0.439 e. The van der Waals surface area contributed by atoms with E-state index in [0.717, 1.165) is 32.6 Å². The van der Waals surface area contributed by atoms with Crippen molar-refractivity contribution in [3.63, 3.8) is 0 Å². The van der Waals surface area contributed by atoms with E-state index in [0.29, 0.717) is 5.88 Å². The minimum absolute atomic E-state index is 0.555. The lowest BCUT2D eigenvalue weighted by Crippen LogP contribution is -1.97. The van der Waals surface area contributed by atoms with Gasteiger partial charge in [-0.15, -0.1) is 0 Å². The Bertz CT molecular complexity index is 573. The first-order chi connectivity index (χ1) is 8.58. The summed E-state index contributed by atoms with van der Waals surface area (Å²) in [5.74, 6) is 2.11. The maximum atomic E-state index is 5.79. The van der Waals surface area contributed by atoms with Gasteiger partial charge < -0.3 is 4.74 Å². The van der Waals surface area contributed by atoms with E-state index in [2.05, 4.69) is 41.8 Å². The third-order valence-corrected chi connectivity index (χ3v) is 3.28. The first kappa shape index (κ1) is 13.5.